The molecule has 1 aliphatic rings. The number of aromatic nitrogens is 2. The highest BCUT2D eigenvalue weighted by atomic mass is 19.4. The molecule has 8 nitrogen and oxygen atoms in total. The number of hydrogen-bond donors (Lipinski definition) is 2. The molecule has 1 aromatic carbocycles. The lowest BCUT2D eigenvalue weighted by molar-refractivity contribution is -0.143. The molecule has 4 rings (SSSR count). The molecule has 33 heavy (non-hydrogen) atoms. The zero-order chi connectivity index (χ0) is 23.6. The second kappa shape index (κ2) is 8.99. The lowest BCUT2D eigenvalue weighted by Gasteiger charge is -2.38. The number of pyridine rings is 1. The molecular weight excluding hydrogens is 439 g/mol. The van der Waals surface area contributed by atoms with E-state index in [1.807, 2.05) is 15.9 Å². The smallest absolute Gasteiger partial charge is 0.417 e. The summed E-state index contributed by atoms with van der Waals surface area (Å²) in [6.07, 6.45) is -1.99. The molecule has 0 amide bonds. The molecule has 1 saturated heterocycles. The number of anilines is 1. The molecular formula is C22H20F3N5O3. The van der Waals surface area contributed by atoms with Crippen molar-refractivity contribution in [1.82, 2.24) is 14.9 Å². The number of piperazine rings is 1. The minimum absolute atomic E-state index is 0.117. The number of ether oxygens (including phenoxy) is 1. The van der Waals surface area contributed by atoms with Crippen LogP contribution in [0.25, 0.3) is 10.9 Å². The Morgan fingerprint density at radius 1 is 1.24 bits per heavy atom. The summed E-state index contributed by atoms with van der Waals surface area (Å²) in [4.78, 5) is 22.9. The van der Waals surface area contributed by atoms with Crippen molar-refractivity contribution in [3.05, 3.63) is 53.9 Å². The van der Waals surface area contributed by atoms with Crippen molar-refractivity contribution in [3.8, 4) is 11.8 Å². The molecule has 1 fully saturated rings. The van der Waals surface area contributed by atoms with Gasteiger partial charge in [0, 0.05) is 55.0 Å². The average molecular weight is 459 g/mol. The van der Waals surface area contributed by atoms with Crippen LogP contribution in [0.2, 0.25) is 0 Å². The summed E-state index contributed by atoms with van der Waals surface area (Å²) in [5.74, 6) is -0.131. The molecule has 1 unspecified atom stereocenters. The number of carbonyl (C=O) groups is 1. The Kier molecular flexibility index (Phi) is 6.11. The molecule has 11 heteroatoms. The van der Waals surface area contributed by atoms with Gasteiger partial charge in [-0.1, -0.05) is 0 Å². The summed E-state index contributed by atoms with van der Waals surface area (Å²) in [7, 11) is 0. The van der Waals surface area contributed by atoms with Crippen LogP contribution in [-0.4, -0.2) is 58.7 Å². The van der Waals surface area contributed by atoms with Crippen molar-refractivity contribution in [1.29, 1.82) is 5.26 Å². The number of nitrogens with zero attached hydrogens (tertiary/aromatic N) is 4. The number of aliphatic carboxylic acids is 1. The number of H-pyrrole nitrogens is 1. The molecule has 2 aromatic heterocycles. The van der Waals surface area contributed by atoms with Gasteiger partial charge in [0.25, 0.3) is 0 Å². The molecule has 172 valence electrons. The molecule has 0 spiro atoms. The van der Waals surface area contributed by atoms with E-state index in [4.69, 9.17) is 10.00 Å². The highest BCUT2D eigenvalue weighted by Crippen LogP contribution is 2.33. The van der Waals surface area contributed by atoms with E-state index >= 15 is 0 Å². The first kappa shape index (κ1) is 22.4. The largest absolute Gasteiger partial charge is 0.480 e. The van der Waals surface area contributed by atoms with Gasteiger partial charge in [0.05, 0.1) is 5.56 Å². The van der Waals surface area contributed by atoms with E-state index in [9.17, 15) is 23.1 Å². The van der Waals surface area contributed by atoms with Crippen LogP contribution in [0.1, 0.15) is 17.2 Å². The molecule has 0 radical (unpaired) electrons. The highest BCUT2D eigenvalue weighted by molar-refractivity contribution is 5.90. The summed E-state index contributed by atoms with van der Waals surface area (Å²) in [6, 6.07) is 8.46. The van der Waals surface area contributed by atoms with Gasteiger partial charge in [-0.15, -0.1) is 0 Å². The zero-order valence-corrected chi connectivity index (χ0v) is 17.3. The zero-order valence-electron chi connectivity index (χ0n) is 17.3. The van der Waals surface area contributed by atoms with Crippen molar-refractivity contribution in [2.24, 2.45) is 0 Å². The van der Waals surface area contributed by atoms with Gasteiger partial charge in [0.2, 0.25) is 0 Å². The predicted octanol–water partition coefficient (Wildman–Crippen LogP) is 3.43. The van der Waals surface area contributed by atoms with E-state index in [1.165, 1.54) is 6.07 Å². The Morgan fingerprint density at radius 3 is 2.61 bits per heavy atom. The van der Waals surface area contributed by atoms with Gasteiger partial charge in [0.1, 0.15) is 23.7 Å². The van der Waals surface area contributed by atoms with E-state index in [0.29, 0.717) is 48.7 Å². The van der Waals surface area contributed by atoms with Gasteiger partial charge in [-0.05, 0) is 30.3 Å². The van der Waals surface area contributed by atoms with Gasteiger partial charge >= 0.3 is 12.1 Å². The normalized spacial score (nSPS) is 15.9. The minimum Gasteiger partial charge on any atom is -0.480 e. The fraction of sp³-hybridized carbons (Fsp3) is 0.318. The van der Waals surface area contributed by atoms with E-state index < -0.39 is 23.8 Å². The van der Waals surface area contributed by atoms with Crippen LogP contribution in [0.4, 0.5) is 19.0 Å². The number of hydrogen-bond acceptors (Lipinski definition) is 6. The molecule has 1 aliphatic heterocycles. The van der Waals surface area contributed by atoms with Crippen LogP contribution in [0.5, 0.6) is 5.75 Å². The van der Waals surface area contributed by atoms with Crippen LogP contribution in [0.3, 0.4) is 0 Å². The average Bonchev–Trinajstić information content (AvgIpc) is 3.20. The van der Waals surface area contributed by atoms with Crippen molar-refractivity contribution < 1.29 is 27.8 Å². The van der Waals surface area contributed by atoms with Gasteiger partial charge in [-0.3, -0.25) is 9.69 Å². The number of aromatic amines is 1. The van der Waals surface area contributed by atoms with Crippen LogP contribution >= 0.6 is 0 Å². The summed E-state index contributed by atoms with van der Waals surface area (Å²) in [5.41, 5.74) is 0.502. The first-order valence-corrected chi connectivity index (χ1v) is 10.1. The summed E-state index contributed by atoms with van der Waals surface area (Å²) in [5, 5.41) is 19.4. The van der Waals surface area contributed by atoms with Crippen LogP contribution in [0, 0.1) is 11.3 Å². The maximum absolute atomic E-state index is 12.8. The van der Waals surface area contributed by atoms with Gasteiger partial charge < -0.3 is 19.7 Å². The van der Waals surface area contributed by atoms with Gasteiger partial charge in [-0.25, -0.2) is 4.98 Å². The van der Waals surface area contributed by atoms with Crippen molar-refractivity contribution in [3.63, 3.8) is 0 Å². The second-order valence-electron chi connectivity index (χ2n) is 7.56. The number of alkyl halides is 3. The molecule has 0 aliphatic carbocycles. The maximum Gasteiger partial charge on any atom is 0.417 e. The third-order valence-corrected chi connectivity index (χ3v) is 5.60. The van der Waals surface area contributed by atoms with Crippen LogP contribution in [-0.2, 0) is 11.0 Å². The van der Waals surface area contributed by atoms with Crippen molar-refractivity contribution in [2.45, 2.75) is 12.2 Å². The Hall–Kier alpha value is -3.78. The number of fused-ring (bicyclic) bond motifs is 1. The first-order chi connectivity index (χ1) is 15.8. The maximum atomic E-state index is 12.8. The lowest BCUT2D eigenvalue weighted by atomic mass is 10.0. The molecule has 0 saturated carbocycles. The van der Waals surface area contributed by atoms with Crippen LogP contribution < -0.4 is 9.64 Å². The molecule has 3 heterocycles. The van der Waals surface area contributed by atoms with Gasteiger partial charge in [0.15, 0.2) is 6.61 Å². The number of rotatable bonds is 6. The SMILES string of the molecule is N#CCOc1ccc2[nH]cc(C(C(=O)O)N3CCN(c4ccc(C(F)(F)F)cn4)CC3)c2c1. The number of benzene rings is 1. The third-order valence-electron chi connectivity index (χ3n) is 5.60. The fourth-order valence-electron chi connectivity index (χ4n) is 3.99. The van der Waals surface area contributed by atoms with Crippen LogP contribution in [0.15, 0.2) is 42.7 Å². The fourth-order valence-corrected chi connectivity index (χ4v) is 3.99. The van der Waals surface area contributed by atoms with Crippen molar-refractivity contribution >= 4 is 22.7 Å². The van der Waals surface area contributed by atoms with E-state index in [0.717, 1.165) is 17.8 Å². The first-order valence-electron chi connectivity index (χ1n) is 10.1. The molecule has 2 N–H and O–H groups in total. The monoisotopic (exact) mass is 459 g/mol. The Bertz CT molecular complexity index is 1180. The van der Waals surface area contributed by atoms with E-state index in [-0.39, 0.29) is 6.61 Å². The number of carboxylic acids is 1. The van der Waals surface area contributed by atoms with E-state index in [1.54, 1.807) is 24.4 Å². The van der Waals surface area contributed by atoms with E-state index in [2.05, 4.69) is 9.97 Å². The van der Waals surface area contributed by atoms with Crippen molar-refractivity contribution in [2.75, 3.05) is 37.7 Å². The minimum atomic E-state index is -4.45. The number of nitrogens with one attached hydrogen (secondary N) is 1. The summed E-state index contributed by atoms with van der Waals surface area (Å²) < 4.78 is 43.7. The standard InChI is InChI=1S/C22H20F3N5O3/c23-22(24,25)14-1-4-19(28-12-14)29-6-8-30(9-7-29)20(21(31)32)17-13-27-18-3-2-15(11-16(17)18)33-10-5-26/h1-4,11-13,20,27H,6-10H2,(H,31,32). The second-order valence-corrected chi connectivity index (χ2v) is 7.56. The third kappa shape index (κ3) is 4.70. The molecule has 0 bridgehead atoms. The topological polar surface area (TPSA) is 105 Å². The number of nitriles is 1. The Morgan fingerprint density at radius 2 is 2.00 bits per heavy atom. The number of halogens is 3. The lowest BCUT2D eigenvalue weighted by Crippen LogP contribution is -2.49. The molecule has 1 atom stereocenters. The highest BCUT2D eigenvalue weighted by Gasteiger charge is 2.33. The predicted molar refractivity (Wildman–Crippen MR) is 113 cm³/mol. The quantitative estimate of drug-likeness (QED) is 0.582. The summed E-state index contributed by atoms with van der Waals surface area (Å²) >= 11 is 0. The Labute approximate surface area is 186 Å². The molecule has 3 aromatic rings. The Balaban J connectivity index is 1.51. The summed E-state index contributed by atoms with van der Waals surface area (Å²) in [6.45, 7) is 1.49. The number of carboxylic acid groups (broad SMARTS) is 1. The van der Waals surface area contributed by atoms with Gasteiger partial charge in [-0.2, -0.15) is 18.4 Å².